The van der Waals surface area contributed by atoms with Crippen LogP contribution in [0, 0.1) is 0 Å². The Morgan fingerprint density at radius 1 is 1.33 bits per heavy atom. The van der Waals surface area contributed by atoms with Crippen LogP contribution in [0.1, 0.15) is 5.56 Å². The average Bonchev–Trinajstić information content (AvgIpc) is 2.31. The minimum atomic E-state index is -4.65. The van der Waals surface area contributed by atoms with E-state index < -0.39 is 17.3 Å². The van der Waals surface area contributed by atoms with E-state index in [4.69, 9.17) is 10.6 Å². The molecule has 7 heteroatoms. The van der Waals surface area contributed by atoms with Gasteiger partial charge in [-0.05, 0) is 12.1 Å². The molecule has 2 aromatic rings. The summed E-state index contributed by atoms with van der Waals surface area (Å²) < 4.78 is 44.3. The van der Waals surface area contributed by atoms with Gasteiger partial charge in [0.2, 0.25) is 0 Å². The van der Waals surface area contributed by atoms with E-state index in [0.29, 0.717) is 10.7 Å². The number of benzene rings is 1. The van der Waals surface area contributed by atoms with Crippen LogP contribution < -0.4 is 16.1 Å². The molecule has 0 aliphatic rings. The topological polar surface area (TPSA) is 57.2 Å². The zero-order valence-corrected chi connectivity index (χ0v) is 9.28. The number of nitrogens with zero attached hydrogens (tertiary/aromatic N) is 1. The Morgan fingerprint density at radius 2 is 2.00 bits per heavy atom. The fourth-order valence-electron chi connectivity index (χ4n) is 1.77. The summed E-state index contributed by atoms with van der Waals surface area (Å²) in [4.78, 5) is 11.4. The van der Waals surface area contributed by atoms with Crippen molar-refractivity contribution in [2.24, 2.45) is 0 Å². The number of pyridine rings is 1. The fraction of sp³-hybridized carbons (Fsp3) is 0.182. The van der Waals surface area contributed by atoms with E-state index in [1.54, 1.807) is 0 Å². The SMILES string of the molecule is COc1cccc2c1c(C(F)(F)F)cc(=O)n2N. The molecule has 1 heterocycles. The summed E-state index contributed by atoms with van der Waals surface area (Å²) in [6.45, 7) is 0. The molecule has 0 saturated heterocycles. The minimum absolute atomic E-state index is 0.0130. The largest absolute Gasteiger partial charge is 0.496 e. The molecule has 2 N–H and O–H groups in total. The first-order valence-electron chi connectivity index (χ1n) is 4.91. The lowest BCUT2D eigenvalue weighted by Crippen LogP contribution is -2.29. The Hall–Kier alpha value is -2.18. The number of methoxy groups -OCH3 is 1. The third-order valence-corrected chi connectivity index (χ3v) is 2.56. The standard InChI is InChI=1S/C11H9F3N2O2/c1-18-8-4-2-3-7-10(8)6(11(12,13)14)5-9(17)16(7)15/h2-5H,15H2,1H3. The summed E-state index contributed by atoms with van der Waals surface area (Å²) in [5, 5.41) is -0.227. The number of nitrogens with two attached hydrogens (primary N) is 1. The molecular formula is C11H9F3N2O2. The predicted octanol–water partition coefficient (Wildman–Crippen LogP) is 1.74. The van der Waals surface area contributed by atoms with Gasteiger partial charge in [-0.15, -0.1) is 0 Å². The molecule has 2 rings (SSSR count). The first-order valence-corrected chi connectivity index (χ1v) is 4.91. The molecule has 0 aliphatic heterocycles. The van der Waals surface area contributed by atoms with Crippen LogP contribution in [0.4, 0.5) is 13.2 Å². The normalized spacial score (nSPS) is 11.8. The summed E-state index contributed by atoms with van der Waals surface area (Å²) in [5.41, 5.74) is -2.01. The monoisotopic (exact) mass is 258 g/mol. The Bertz CT molecular complexity index is 662. The molecule has 96 valence electrons. The van der Waals surface area contributed by atoms with Gasteiger partial charge in [0.15, 0.2) is 0 Å². The van der Waals surface area contributed by atoms with E-state index in [1.165, 1.54) is 25.3 Å². The van der Waals surface area contributed by atoms with Crippen LogP contribution in [-0.2, 0) is 6.18 Å². The van der Waals surface area contributed by atoms with Gasteiger partial charge in [0, 0.05) is 6.07 Å². The van der Waals surface area contributed by atoms with E-state index in [9.17, 15) is 18.0 Å². The Kier molecular flexibility index (Phi) is 2.68. The van der Waals surface area contributed by atoms with Gasteiger partial charge in [-0.2, -0.15) is 13.2 Å². The Balaban J connectivity index is 3.03. The number of hydrogen-bond donors (Lipinski definition) is 1. The lowest BCUT2D eigenvalue weighted by molar-refractivity contribution is -0.136. The molecule has 0 atom stereocenters. The van der Waals surface area contributed by atoms with Crippen LogP contribution in [0.15, 0.2) is 29.1 Å². The van der Waals surface area contributed by atoms with Crippen molar-refractivity contribution >= 4 is 10.9 Å². The highest BCUT2D eigenvalue weighted by molar-refractivity contribution is 5.89. The van der Waals surface area contributed by atoms with Crippen LogP contribution in [0.25, 0.3) is 10.9 Å². The number of fused-ring (bicyclic) bond motifs is 1. The zero-order valence-electron chi connectivity index (χ0n) is 9.28. The minimum Gasteiger partial charge on any atom is -0.496 e. The number of ether oxygens (including phenoxy) is 1. The smallest absolute Gasteiger partial charge is 0.417 e. The number of rotatable bonds is 1. The molecule has 1 aromatic carbocycles. The molecular weight excluding hydrogens is 249 g/mol. The molecule has 0 unspecified atom stereocenters. The molecule has 0 aliphatic carbocycles. The van der Waals surface area contributed by atoms with Crippen molar-refractivity contribution in [3.63, 3.8) is 0 Å². The van der Waals surface area contributed by atoms with Crippen molar-refractivity contribution in [3.05, 3.63) is 40.2 Å². The van der Waals surface area contributed by atoms with Gasteiger partial charge in [-0.25, -0.2) is 4.68 Å². The van der Waals surface area contributed by atoms with E-state index in [-0.39, 0.29) is 16.7 Å². The Labute approximate surface area is 99.4 Å². The fourth-order valence-corrected chi connectivity index (χ4v) is 1.77. The van der Waals surface area contributed by atoms with Gasteiger partial charge in [-0.1, -0.05) is 6.07 Å². The maximum atomic E-state index is 12.9. The van der Waals surface area contributed by atoms with Gasteiger partial charge in [0.25, 0.3) is 5.56 Å². The lowest BCUT2D eigenvalue weighted by Gasteiger charge is -2.14. The van der Waals surface area contributed by atoms with Crippen molar-refractivity contribution in [1.29, 1.82) is 0 Å². The molecule has 18 heavy (non-hydrogen) atoms. The molecule has 4 nitrogen and oxygen atoms in total. The average molecular weight is 258 g/mol. The first-order chi connectivity index (χ1) is 8.36. The molecule has 0 spiro atoms. The van der Waals surface area contributed by atoms with Crippen molar-refractivity contribution < 1.29 is 17.9 Å². The van der Waals surface area contributed by atoms with E-state index in [1.807, 2.05) is 0 Å². The summed E-state index contributed by atoms with van der Waals surface area (Å²) >= 11 is 0. The van der Waals surface area contributed by atoms with Gasteiger partial charge >= 0.3 is 6.18 Å². The second kappa shape index (κ2) is 3.94. The van der Waals surface area contributed by atoms with Crippen LogP contribution in [-0.4, -0.2) is 11.8 Å². The highest BCUT2D eigenvalue weighted by Crippen LogP contribution is 2.37. The Morgan fingerprint density at radius 3 is 2.56 bits per heavy atom. The van der Waals surface area contributed by atoms with Gasteiger partial charge in [0.05, 0.1) is 23.6 Å². The molecule has 0 saturated carbocycles. The number of halogens is 3. The maximum Gasteiger partial charge on any atom is 0.417 e. The van der Waals surface area contributed by atoms with E-state index in [0.717, 1.165) is 0 Å². The van der Waals surface area contributed by atoms with Crippen molar-refractivity contribution in [1.82, 2.24) is 4.68 Å². The first kappa shape index (κ1) is 12.3. The number of hydrogen-bond acceptors (Lipinski definition) is 3. The van der Waals surface area contributed by atoms with Crippen molar-refractivity contribution in [2.45, 2.75) is 6.18 Å². The van der Waals surface area contributed by atoms with Crippen LogP contribution in [0.2, 0.25) is 0 Å². The summed E-state index contributed by atoms with van der Waals surface area (Å²) in [7, 11) is 1.25. The summed E-state index contributed by atoms with van der Waals surface area (Å²) in [6.07, 6.45) is -4.65. The van der Waals surface area contributed by atoms with E-state index in [2.05, 4.69) is 0 Å². The van der Waals surface area contributed by atoms with Gasteiger partial charge in [0.1, 0.15) is 5.75 Å². The van der Waals surface area contributed by atoms with Gasteiger partial charge < -0.3 is 10.6 Å². The second-order valence-electron chi connectivity index (χ2n) is 3.62. The maximum absolute atomic E-state index is 12.9. The molecule has 0 fully saturated rings. The van der Waals surface area contributed by atoms with Crippen molar-refractivity contribution in [2.75, 3.05) is 13.0 Å². The molecule has 0 radical (unpaired) electrons. The summed E-state index contributed by atoms with van der Waals surface area (Å²) in [6, 6.07) is 4.63. The lowest BCUT2D eigenvalue weighted by atomic mass is 10.1. The molecule has 0 bridgehead atoms. The highest BCUT2D eigenvalue weighted by Gasteiger charge is 2.35. The van der Waals surface area contributed by atoms with Crippen LogP contribution >= 0.6 is 0 Å². The number of alkyl halides is 3. The van der Waals surface area contributed by atoms with Gasteiger partial charge in [-0.3, -0.25) is 4.79 Å². The molecule has 1 aromatic heterocycles. The number of nitrogen functional groups attached to an aromatic ring is 1. The third kappa shape index (κ3) is 1.77. The van der Waals surface area contributed by atoms with Crippen LogP contribution in [0.5, 0.6) is 5.75 Å². The predicted molar refractivity (Wildman–Crippen MR) is 59.9 cm³/mol. The second-order valence-corrected chi connectivity index (χ2v) is 3.62. The zero-order chi connectivity index (χ0) is 13.5. The van der Waals surface area contributed by atoms with E-state index >= 15 is 0 Å². The quantitative estimate of drug-likeness (QED) is 0.793. The third-order valence-electron chi connectivity index (χ3n) is 2.56. The molecule has 0 amide bonds. The van der Waals surface area contributed by atoms with Crippen molar-refractivity contribution in [3.8, 4) is 5.75 Å². The van der Waals surface area contributed by atoms with Crippen LogP contribution in [0.3, 0.4) is 0 Å². The summed E-state index contributed by atoms with van der Waals surface area (Å²) in [5.74, 6) is 5.45. The number of aromatic nitrogens is 1. The highest BCUT2D eigenvalue weighted by atomic mass is 19.4.